The summed E-state index contributed by atoms with van der Waals surface area (Å²) < 4.78 is 257. The summed E-state index contributed by atoms with van der Waals surface area (Å²) in [5, 5.41) is 12.8. The van der Waals surface area contributed by atoms with Crippen LogP contribution < -0.4 is 21.3 Å². The Kier molecular flexibility index (Phi) is 39.0. The van der Waals surface area contributed by atoms with Crippen LogP contribution in [0.2, 0.25) is 0 Å². The number of nitrogens with zero attached hydrogens (tertiary/aromatic N) is 2. The number of esters is 4. The van der Waals surface area contributed by atoms with Gasteiger partial charge in [0.05, 0.1) is 85.8 Å². The molecule has 0 bridgehead atoms. The molecule has 0 spiro atoms. The van der Waals surface area contributed by atoms with Crippen molar-refractivity contribution in [2.75, 3.05) is 63.4 Å². The summed E-state index contributed by atoms with van der Waals surface area (Å²) in [6.45, 7) is 22.8. The van der Waals surface area contributed by atoms with E-state index in [2.05, 4.69) is 21.3 Å². The Bertz CT molecular complexity index is 3600. The molecule has 24 nitrogen and oxygen atoms in total. The smallest absolute Gasteiger partial charge is 0.460 e. The van der Waals surface area contributed by atoms with Crippen molar-refractivity contribution in [1.82, 2.24) is 20.8 Å². The van der Waals surface area contributed by atoms with E-state index in [9.17, 15) is 109 Å². The number of Topliss-reactive ketones (excluding diaryl/α,β-unsaturated/α-hetero) is 2. The first-order chi connectivity index (χ1) is 55.2. The summed E-state index contributed by atoms with van der Waals surface area (Å²) in [5.74, 6) is -51.6. The van der Waals surface area contributed by atoms with E-state index < -0.39 is 230 Å². The average Bonchev–Trinajstić information content (AvgIpc) is 0.767. The number of rotatable bonds is 49. The number of carbonyl (C=O) groups excluding carboxylic acids is 10. The predicted molar refractivity (Wildman–Crippen MR) is 404 cm³/mol. The number of piperidine rings is 2. The fourth-order valence-electron chi connectivity index (χ4n) is 14.1. The zero-order valence-electron chi connectivity index (χ0n) is 71.2. The molecular weight excluding hydrogens is 1640 g/mol. The minimum absolute atomic E-state index is 0.0213. The summed E-state index contributed by atoms with van der Waals surface area (Å²) in [4.78, 5) is 151. The number of amides is 4. The Morgan fingerprint density at radius 2 is 0.833 bits per heavy atom. The lowest BCUT2D eigenvalue weighted by molar-refractivity contribution is -0.440. The first-order valence-corrected chi connectivity index (χ1v) is 40.4. The van der Waals surface area contributed by atoms with Crippen LogP contribution in [0.5, 0.6) is 0 Å². The number of halogens is 16. The molecule has 0 radical (unpaired) electrons. The molecule has 11 atom stereocenters. The number of alkyl halides is 16. The fraction of sp³-hybridized carbons (Fsp3) is 0.800. The Labute approximate surface area is 689 Å². The zero-order valence-corrected chi connectivity index (χ0v) is 71.2. The van der Waals surface area contributed by atoms with Gasteiger partial charge in [-0.05, 0) is 123 Å². The van der Waals surface area contributed by atoms with Crippen molar-refractivity contribution >= 4 is 70.8 Å². The van der Waals surface area contributed by atoms with E-state index in [1.807, 2.05) is 20.8 Å². The van der Waals surface area contributed by atoms with Gasteiger partial charge in [-0.3, -0.25) is 49.1 Å². The molecule has 1 aromatic carbocycles. The van der Waals surface area contributed by atoms with E-state index in [-0.39, 0.29) is 94.1 Å². The Morgan fingerprint density at radius 3 is 1.18 bits per heavy atom. The molecule has 0 aromatic heterocycles. The molecule has 4 N–H and O–H groups in total. The second-order valence-corrected chi connectivity index (χ2v) is 33.1. The second kappa shape index (κ2) is 43.8. The quantitative estimate of drug-likeness (QED) is 0.0204. The first kappa shape index (κ1) is 107. The highest BCUT2D eigenvalue weighted by Crippen LogP contribution is 2.61. The lowest BCUT2D eigenvalue weighted by Gasteiger charge is -2.56. The number of hydroxylamine groups is 4. The number of anilines is 2. The highest BCUT2D eigenvalue weighted by Gasteiger charge is 2.90. The Balaban J connectivity index is 1.78. The molecule has 120 heavy (non-hydrogen) atoms. The van der Waals surface area contributed by atoms with Crippen molar-refractivity contribution in [3.05, 3.63) is 24.3 Å². The van der Waals surface area contributed by atoms with E-state index in [4.69, 9.17) is 38.1 Å². The number of hydrogen-bond acceptors (Lipinski definition) is 20. The van der Waals surface area contributed by atoms with Crippen molar-refractivity contribution in [3.8, 4) is 0 Å². The number of ether oxygens (including phenoxy) is 6. The zero-order chi connectivity index (χ0) is 92.0. The summed E-state index contributed by atoms with van der Waals surface area (Å²) in [6.07, 6.45) is -21.2. The van der Waals surface area contributed by atoms with E-state index in [1.54, 1.807) is 53.5 Å². The van der Waals surface area contributed by atoms with Gasteiger partial charge >= 0.3 is 78.0 Å². The molecule has 40 heteroatoms. The van der Waals surface area contributed by atoms with Crippen molar-refractivity contribution < 1.29 is 156 Å². The number of unbranched alkanes of at least 4 members (excludes halogenated alkanes) is 3. The average molecular weight is 1760 g/mol. The van der Waals surface area contributed by atoms with E-state index >= 15 is 8.78 Å². The number of carbonyl (C=O) groups is 10. The number of ketones is 2. The minimum atomic E-state index is -8.20. The van der Waals surface area contributed by atoms with Crippen LogP contribution in [0.15, 0.2) is 24.3 Å². The van der Waals surface area contributed by atoms with Crippen LogP contribution in [0.1, 0.15) is 240 Å². The van der Waals surface area contributed by atoms with E-state index in [0.717, 1.165) is 0 Å². The number of benzene rings is 1. The van der Waals surface area contributed by atoms with Gasteiger partial charge in [0.25, 0.3) is 0 Å². The Hall–Kier alpha value is -7.36. The molecule has 2 aliphatic rings. The van der Waals surface area contributed by atoms with Crippen LogP contribution in [0, 0.1) is 40.4 Å². The molecule has 0 aliphatic carbocycles. The van der Waals surface area contributed by atoms with E-state index in [0.29, 0.717) is 38.5 Å². The highest BCUT2D eigenvalue weighted by molar-refractivity contribution is 5.90. The molecule has 9 unspecified atom stereocenters. The third kappa shape index (κ3) is 26.8. The minimum Gasteiger partial charge on any atom is -0.465 e. The van der Waals surface area contributed by atoms with Gasteiger partial charge in [0.2, 0.25) is 11.8 Å². The number of nitrogens with one attached hydrogen (secondary N) is 4. The molecule has 2 saturated heterocycles. The summed E-state index contributed by atoms with van der Waals surface area (Å²) >= 11 is 0. The van der Waals surface area contributed by atoms with Gasteiger partial charge in [0, 0.05) is 46.9 Å². The maximum Gasteiger partial charge on any atom is 0.460 e. The van der Waals surface area contributed by atoms with Crippen LogP contribution in [-0.4, -0.2) is 199 Å². The van der Waals surface area contributed by atoms with Gasteiger partial charge < -0.3 is 39.1 Å². The standard InChI is InChI=1S/C80H120F16N6O18/c1-18-25-29-53(75(83,84)85)32-38-115-62(107)58(119-101-70(14,21-4)47-56(103)49(8)72(101,16)23-6)42-51(60(105)113-36-26-19-2)45-68(10,11)64(109)97-34-40-117-66(111)99-54-30-28-31-55(44-54)100-67(112)118-41-35-98-65(110)69(12,13)46-52(61(106)114-37-27-20-3)43-59(120-102-71(15,22-5)48-57(104)50(9)73(102,17)24-7)63(108)116-39-33-74(81,82)76(86,87)77(88,89)78(90,91)79(92,93)80(94,95)96/h28,30-31,44,49-53,58-59H,18-27,29,32-43,45-48H2,1-17H3,(H,97,109)(H,98,110)(H,99,111)(H,100,112)/t49?,50?,51?,52-,53?,58?,59-,70?,71?,72?,73?/m1/s1. The lowest BCUT2D eigenvalue weighted by Crippen LogP contribution is -2.70. The van der Waals surface area contributed by atoms with Crippen molar-refractivity contribution in [2.45, 2.75) is 316 Å². The highest BCUT2D eigenvalue weighted by atomic mass is 19.4. The van der Waals surface area contributed by atoms with E-state index in [1.165, 1.54) is 77.8 Å². The SMILES string of the molecule is CCCCOC(=O)C(CC(ON1C(C)(CC)CC(=O)C(C)C1(C)CC)C(=O)OCCC(CCCC)C(F)(F)F)CC(C)(C)C(=O)NCCOC(=O)Nc1cccc(NC(=O)OCCNC(=O)C(C)(C)C[C@@H](C[C@@H](ON2C(C)(CC)CC(=O)C(C)C2(C)CC)C(=O)OCCC(F)(F)C(F)(F)C(F)(F)C(F)(F)C(F)(F)C(F)(F)F)C(=O)OCCCC)c1. The van der Waals surface area contributed by atoms with Gasteiger partial charge in [-0.15, -0.1) is 0 Å². The lowest BCUT2D eigenvalue weighted by atomic mass is 9.70. The molecular formula is C80H120F16N6O18. The van der Waals surface area contributed by atoms with Gasteiger partial charge in [-0.2, -0.15) is 80.4 Å². The monoisotopic (exact) mass is 1760 g/mol. The predicted octanol–water partition coefficient (Wildman–Crippen LogP) is 17.6. The molecule has 4 amide bonds. The third-order valence-corrected chi connectivity index (χ3v) is 23.0. The van der Waals surface area contributed by atoms with Crippen LogP contribution in [0.4, 0.5) is 91.2 Å². The van der Waals surface area contributed by atoms with Gasteiger partial charge in [-0.1, -0.05) is 122 Å². The van der Waals surface area contributed by atoms with Crippen LogP contribution >= 0.6 is 0 Å². The summed E-state index contributed by atoms with van der Waals surface area (Å²) in [5.41, 5.74) is -7.80. The molecule has 2 aliphatic heterocycles. The third-order valence-electron chi connectivity index (χ3n) is 23.0. The maximum atomic E-state index is 15.1. The largest absolute Gasteiger partial charge is 0.465 e. The van der Waals surface area contributed by atoms with Crippen molar-refractivity contribution in [2.24, 2.45) is 40.4 Å². The normalized spacial score (nSPS) is 22.1. The van der Waals surface area contributed by atoms with Crippen LogP contribution in [0.3, 0.4) is 0 Å². The van der Waals surface area contributed by atoms with Gasteiger partial charge in [0.15, 0.2) is 12.2 Å². The van der Waals surface area contributed by atoms with Crippen molar-refractivity contribution in [1.29, 1.82) is 0 Å². The fourth-order valence-corrected chi connectivity index (χ4v) is 14.1. The summed E-state index contributed by atoms with van der Waals surface area (Å²) in [6, 6.07) is 5.48. The molecule has 2 fully saturated rings. The molecule has 1 aromatic rings. The van der Waals surface area contributed by atoms with Crippen LogP contribution in [-0.2, 0) is 76.5 Å². The topological polar surface area (TPSA) is 299 Å². The molecule has 3 rings (SSSR count). The molecule has 2 heterocycles. The van der Waals surface area contributed by atoms with Gasteiger partial charge in [0.1, 0.15) is 24.8 Å². The maximum absolute atomic E-state index is 15.1. The first-order valence-electron chi connectivity index (χ1n) is 40.4. The molecule has 0 saturated carbocycles. The molecule has 690 valence electrons. The van der Waals surface area contributed by atoms with Crippen LogP contribution in [0.25, 0.3) is 0 Å². The van der Waals surface area contributed by atoms with Gasteiger partial charge in [-0.25, -0.2) is 19.2 Å². The second-order valence-electron chi connectivity index (χ2n) is 33.1. The number of hydrogen-bond donors (Lipinski definition) is 4. The summed E-state index contributed by atoms with van der Waals surface area (Å²) in [7, 11) is 0. The Morgan fingerprint density at radius 1 is 0.467 bits per heavy atom. The van der Waals surface area contributed by atoms with Crippen molar-refractivity contribution in [3.63, 3.8) is 0 Å².